The van der Waals surface area contributed by atoms with Gasteiger partial charge in [-0.2, -0.15) is 5.10 Å². The molecule has 10 heteroatoms. The number of nitro benzene ring substituents is 2. The van der Waals surface area contributed by atoms with E-state index >= 15 is 0 Å². The molecule has 1 heterocycles. The molecule has 0 aliphatic carbocycles. The summed E-state index contributed by atoms with van der Waals surface area (Å²) < 4.78 is 0. The van der Waals surface area contributed by atoms with Crippen LogP contribution in [0, 0.1) is 20.2 Å². The lowest BCUT2D eigenvalue weighted by atomic mass is 10.0. The van der Waals surface area contributed by atoms with E-state index in [0.29, 0.717) is 5.71 Å². The Morgan fingerprint density at radius 3 is 2.14 bits per heavy atom. The summed E-state index contributed by atoms with van der Waals surface area (Å²) in [6.45, 7) is 0. The molecule has 0 unspecified atom stereocenters. The Morgan fingerprint density at radius 1 is 0.893 bits per heavy atom. The molecule has 9 nitrogen and oxygen atoms in total. The topological polar surface area (TPSA) is 124 Å². The number of non-ortho nitro benzene ring substituents is 1. The van der Waals surface area contributed by atoms with Gasteiger partial charge in [-0.25, -0.2) is 0 Å². The molecule has 0 saturated heterocycles. The number of hydrazone groups is 1. The fourth-order valence-corrected chi connectivity index (χ4v) is 2.40. The fraction of sp³-hybridized carbons (Fsp3) is 0. The van der Waals surface area contributed by atoms with E-state index in [1.165, 1.54) is 12.1 Å². The molecule has 0 radical (unpaired) electrons. The number of aromatic nitrogens is 1. The van der Waals surface area contributed by atoms with Crippen molar-refractivity contribution in [2.45, 2.75) is 0 Å². The highest BCUT2D eigenvalue weighted by Gasteiger charge is 2.19. The van der Waals surface area contributed by atoms with Gasteiger partial charge in [-0.3, -0.25) is 30.6 Å². The highest BCUT2D eigenvalue weighted by atomic mass is 35.5. The summed E-state index contributed by atoms with van der Waals surface area (Å²) in [7, 11) is 0. The molecule has 0 aliphatic heterocycles. The molecular formula is C18H14ClN5O4. The summed E-state index contributed by atoms with van der Waals surface area (Å²) >= 11 is 0. The summed E-state index contributed by atoms with van der Waals surface area (Å²) in [6.07, 6.45) is 3.23. The van der Waals surface area contributed by atoms with Crippen LogP contribution in [0.4, 0.5) is 17.1 Å². The maximum Gasteiger partial charge on any atom is 0.301 e. The van der Waals surface area contributed by atoms with Crippen LogP contribution in [0.25, 0.3) is 0 Å². The third-order valence-electron chi connectivity index (χ3n) is 3.68. The van der Waals surface area contributed by atoms with Gasteiger partial charge in [0.1, 0.15) is 5.69 Å². The molecule has 0 aliphatic rings. The summed E-state index contributed by atoms with van der Waals surface area (Å²) in [5.41, 5.74) is 4.01. The standard InChI is InChI=1S/C18H13N5O4.ClH/c24-22(25)15-6-7-16(17(12-15)23(26)27)20-21-18(13-4-2-1-3-5-13)14-8-10-19-11-9-14;/h1-12,20H;1H/b21-18+;. The Hall–Kier alpha value is -3.85. The normalized spacial score (nSPS) is 10.6. The molecule has 0 atom stereocenters. The van der Waals surface area contributed by atoms with Gasteiger partial charge in [0, 0.05) is 29.6 Å². The van der Waals surface area contributed by atoms with Crippen molar-refractivity contribution < 1.29 is 9.85 Å². The van der Waals surface area contributed by atoms with Gasteiger partial charge in [0.2, 0.25) is 0 Å². The number of nitro groups is 2. The number of rotatable bonds is 6. The van der Waals surface area contributed by atoms with Gasteiger partial charge in [0.15, 0.2) is 0 Å². The minimum absolute atomic E-state index is 0. The molecule has 1 N–H and O–H groups in total. The van der Waals surface area contributed by atoms with Gasteiger partial charge in [-0.05, 0) is 18.2 Å². The first-order valence-electron chi connectivity index (χ1n) is 7.78. The second kappa shape index (κ2) is 9.19. The van der Waals surface area contributed by atoms with E-state index in [9.17, 15) is 20.2 Å². The molecular weight excluding hydrogens is 386 g/mol. The van der Waals surface area contributed by atoms with E-state index in [-0.39, 0.29) is 23.8 Å². The molecule has 142 valence electrons. The highest BCUT2D eigenvalue weighted by molar-refractivity contribution is 6.13. The second-order valence-electron chi connectivity index (χ2n) is 5.39. The number of pyridine rings is 1. The van der Waals surface area contributed by atoms with Gasteiger partial charge < -0.3 is 0 Å². The van der Waals surface area contributed by atoms with E-state index in [1.54, 1.807) is 24.5 Å². The van der Waals surface area contributed by atoms with Crippen molar-refractivity contribution in [1.82, 2.24) is 4.98 Å². The zero-order valence-electron chi connectivity index (χ0n) is 14.3. The second-order valence-corrected chi connectivity index (χ2v) is 5.39. The summed E-state index contributed by atoms with van der Waals surface area (Å²) in [5, 5.41) is 26.4. The smallest absolute Gasteiger partial charge is 0.271 e. The van der Waals surface area contributed by atoms with E-state index in [2.05, 4.69) is 15.5 Å². The first kappa shape index (κ1) is 20.5. The van der Waals surface area contributed by atoms with E-state index in [0.717, 1.165) is 17.2 Å². The van der Waals surface area contributed by atoms with Crippen molar-refractivity contribution in [3.63, 3.8) is 0 Å². The first-order chi connectivity index (χ1) is 13.1. The maximum atomic E-state index is 11.3. The maximum absolute atomic E-state index is 11.3. The summed E-state index contributed by atoms with van der Waals surface area (Å²) in [6, 6.07) is 16.1. The van der Waals surface area contributed by atoms with Crippen molar-refractivity contribution >= 4 is 35.2 Å². The van der Waals surface area contributed by atoms with Gasteiger partial charge in [-0.15, -0.1) is 12.4 Å². The lowest BCUT2D eigenvalue weighted by Crippen LogP contribution is -2.07. The van der Waals surface area contributed by atoms with Crippen LogP contribution in [-0.2, 0) is 0 Å². The van der Waals surface area contributed by atoms with Crippen LogP contribution < -0.4 is 5.43 Å². The fourth-order valence-electron chi connectivity index (χ4n) is 2.40. The first-order valence-corrected chi connectivity index (χ1v) is 7.78. The van der Waals surface area contributed by atoms with Crippen LogP contribution in [0.3, 0.4) is 0 Å². The molecule has 0 bridgehead atoms. The summed E-state index contributed by atoms with van der Waals surface area (Å²) in [5.74, 6) is 0. The average Bonchev–Trinajstić information content (AvgIpc) is 2.69. The molecule has 0 saturated carbocycles. The number of hydrogen-bond donors (Lipinski definition) is 1. The lowest BCUT2D eigenvalue weighted by molar-refractivity contribution is -0.393. The van der Waals surface area contributed by atoms with Crippen molar-refractivity contribution in [1.29, 1.82) is 0 Å². The number of nitrogens with zero attached hydrogens (tertiary/aromatic N) is 4. The largest absolute Gasteiger partial charge is 0.301 e. The minimum Gasteiger partial charge on any atom is -0.271 e. The molecule has 0 fully saturated rings. The van der Waals surface area contributed by atoms with Gasteiger partial charge in [0.05, 0.1) is 21.6 Å². The van der Waals surface area contributed by atoms with Crippen molar-refractivity contribution in [3.8, 4) is 0 Å². The average molecular weight is 400 g/mol. The van der Waals surface area contributed by atoms with Crippen LogP contribution in [-0.4, -0.2) is 20.5 Å². The third kappa shape index (κ3) is 4.65. The lowest BCUT2D eigenvalue weighted by Gasteiger charge is -2.08. The minimum atomic E-state index is -0.695. The molecule has 3 aromatic rings. The Kier molecular flexibility index (Phi) is 6.72. The summed E-state index contributed by atoms with van der Waals surface area (Å²) in [4.78, 5) is 24.7. The molecule has 2 aromatic carbocycles. The third-order valence-corrected chi connectivity index (χ3v) is 3.68. The van der Waals surface area contributed by atoms with Gasteiger partial charge in [0.25, 0.3) is 5.69 Å². The van der Waals surface area contributed by atoms with Crippen molar-refractivity contribution in [3.05, 3.63) is 104 Å². The van der Waals surface area contributed by atoms with Crippen LogP contribution >= 0.6 is 12.4 Å². The van der Waals surface area contributed by atoms with Crippen LogP contribution in [0.15, 0.2) is 78.2 Å². The molecule has 28 heavy (non-hydrogen) atoms. The monoisotopic (exact) mass is 399 g/mol. The number of hydrogen-bond acceptors (Lipinski definition) is 7. The molecule has 0 amide bonds. The van der Waals surface area contributed by atoms with Crippen LogP contribution in [0.1, 0.15) is 11.1 Å². The van der Waals surface area contributed by atoms with Crippen molar-refractivity contribution in [2.75, 3.05) is 5.43 Å². The number of anilines is 1. The number of benzene rings is 2. The number of nitrogens with one attached hydrogen (secondary N) is 1. The number of halogens is 1. The highest BCUT2D eigenvalue weighted by Crippen LogP contribution is 2.29. The Labute approximate surface area is 165 Å². The molecule has 0 spiro atoms. The Bertz CT molecular complexity index is 971. The van der Waals surface area contributed by atoms with Crippen LogP contribution in [0.5, 0.6) is 0 Å². The van der Waals surface area contributed by atoms with Gasteiger partial charge in [-0.1, -0.05) is 30.3 Å². The van der Waals surface area contributed by atoms with Crippen molar-refractivity contribution in [2.24, 2.45) is 5.10 Å². The predicted molar refractivity (Wildman–Crippen MR) is 107 cm³/mol. The zero-order chi connectivity index (χ0) is 19.2. The van der Waals surface area contributed by atoms with E-state index < -0.39 is 15.5 Å². The van der Waals surface area contributed by atoms with E-state index in [4.69, 9.17) is 0 Å². The van der Waals surface area contributed by atoms with E-state index in [1.807, 2.05) is 30.3 Å². The SMILES string of the molecule is Cl.O=[N+]([O-])c1ccc(N/N=C(\c2ccccc2)c2ccncc2)c([N+](=O)[O-])c1. The predicted octanol–water partition coefficient (Wildman–Crippen LogP) is 4.18. The molecule has 1 aromatic heterocycles. The Morgan fingerprint density at radius 2 is 1.54 bits per heavy atom. The quantitative estimate of drug-likeness (QED) is 0.376. The molecule has 3 rings (SSSR count). The van der Waals surface area contributed by atoms with Gasteiger partial charge >= 0.3 is 5.69 Å². The Balaban J connectivity index is 0.00000280. The zero-order valence-corrected chi connectivity index (χ0v) is 15.1. The van der Waals surface area contributed by atoms with Crippen LogP contribution in [0.2, 0.25) is 0 Å².